The first-order valence-electron chi connectivity index (χ1n) is 8.49. The third kappa shape index (κ3) is 7.00. The van der Waals surface area contributed by atoms with Gasteiger partial charge in [0, 0.05) is 24.2 Å². The van der Waals surface area contributed by atoms with Gasteiger partial charge in [-0.05, 0) is 24.5 Å². The fraction of sp³-hybridized carbons (Fsp3) is 0.389. The van der Waals surface area contributed by atoms with Crippen LogP contribution < -0.4 is 4.74 Å². The molecule has 7 nitrogen and oxygen atoms in total. The van der Waals surface area contributed by atoms with E-state index in [0.717, 1.165) is 12.2 Å². The summed E-state index contributed by atoms with van der Waals surface area (Å²) in [5.74, 6) is -1.51. The fourth-order valence-corrected chi connectivity index (χ4v) is 3.05. The van der Waals surface area contributed by atoms with Crippen molar-refractivity contribution < 1.29 is 32.6 Å². The molecular formula is C18H20F3N3O4S. The molecule has 2 aromatic heterocycles. The number of carboxylic acids is 1. The SMILES string of the molecule is CSCC(=O)N1Cc2cccn2CC(Oc2ccccn2)C1.O=C(O)C(F)(F)F. The zero-order valence-electron chi connectivity index (χ0n) is 15.5. The number of thioether (sulfide) groups is 1. The first-order chi connectivity index (χ1) is 13.7. The van der Waals surface area contributed by atoms with Crippen molar-refractivity contribution in [3.05, 3.63) is 48.4 Å². The molecule has 2 aromatic rings. The van der Waals surface area contributed by atoms with Gasteiger partial charge in [0.25, 0.3) is 0 Å². The number of amides is 1. The molecule has 1 atom stereocenters. The van der Waals surface area contributed by atoms with Crippen molar-refractivity contribution in [2.75, 3.05) is 18.6 Å². The van der Waals surface area contributed by atoms with Gasteiger partial charge < -0.3 is 19.3 Å². The normalized spacial score (nSPS) is 16.1. The minimum Gasteiger partial charge on any atom is -0.475 e. The van der Waals surface area contributed by atoms with E-state index in [4.69, 9.17) is 14.6 Å². The molecule has 3 heterocycles. The van der Waals surface area contributed by atoms with Crippen LogP contribution in [0.3, 0.4) is 0 Å². The largest absolute Gasteiger partial charge is 0.490 e. The molecule has 158 valence electrons. The number of aromatic nitrogens is 2. The molecule has 3 rings (SSSR count). The molecule has 1 aliphatic rings. The Bertz CT molecular complexity index is 814. The number of halogens is 3. The fourth-order valence-electron chi connectivity index (χ4n) is 2.62. The van der Waals surface area contributed by atoms with E-state index in [0.29, 0.717) is 24.7 Å². The van der Waals surface area contributed by atoms with Crippen molar-refractivity contribution in [2.24, 2.45) is 0 Å². The van der Waals surface area contributed by atoms with Gasteiger partial charge in [0.05, 0.1) is 25.4 Å². The molecule has 1 N–H and O–H groups in total. The van der Waals surface area contributed by atoms with Crippen molar-refractivity contribution in [2.45, 2.75) is 25.4 Å². The Balaban J connectivity index is 0.000000370. The van der Waals surface area contributed by atoms with E-state index in [1.54, 1.807) is 18.0 Å². The highest BCUT2D eigenvalue weighted by Crippen LogP contribution is 2.18. The summed E-state index contributed by atoms with van der Waals surface area (Å²) in [4.78, 5) is 27.3. The Morgan fingerprint density at radius 1 is 1.28 bits per heavy atom. The maximum Gasteiger partial charge on any atom is 0.490 e. The number of pyridine rings is 1. The van der Waals surface area contributed by atoms with E-state index < -0.39 is 12.1 Å². The van der Waals surface area contributed by atoms with Crippen LogP contribution in [0.25, 0.3) is 0 Å². The van der Waals surface area contributed by atoms with Gasteiger partial charge >= 0.3 is 12.1 Å². The van der Waals surface area contributed by atoms with Crippen molar-refractivity contribution in [1.82, 2.24) is 14.5 Å². The number of rotatable bonds is 4. The van der Waals surface area contributed by atoms with E-state index in [2.05, 4.69) is 15.6 Å². The van der Waals surface area contributed by atoms with Crippen molar-refractivity contribution >= 4 is 23.6 Å². The highest BCUT2D eigenvalue weighted by molar-refractivity contribution is 7.99. The summed E-state index contributed by atoms with van der Waals surface area (Å²) in [6.07, 6.45) is 0.505. The van der Waals surface area contributed by atoms with Crippen LogP contribution in [0.15, 0.2) is 42.7 Å². The zero-order valence-corrected chi connectivity index (χ0v) is 16.3. The Hall–Kier alpha value is -2.69. The van der Waals surface area contributed by atoms with Crippen LogP contribution in [0.5, 0.6) is 5.88 Å². The molecular weight excluding hydrogens is 411 g/mol. The van der Waals surface area contributed by atoms with Gasteiger partial charge in [-0.2, -0.15) is 24.9 Å². The molecule has 1 aliphatic heterocycles. The number of carbonyl (C=O) groups excluding carboxylic acids is 1. The molecule has 11 heteroatoms. The highest BCUT2D eigenvalue weighted by Gasteiger charge is 2.38. The number of fused-ring (bicyclic) bond motifs is 1. The van der Waals surface area contributed by atoms with Crippen LogP contribution in [0.1, 0.15) is 5.69 Å². The monoisotopic (exact) mass is 431 g/mol. The van der Waals surface area contributed by atoms with Gasteiger partial charge in [0.1, 0.15) is 6.10 Å². The Kier molecular flexibility index (Phi) is 7.94. The van der Waals surface area contributed by atoms with Gasteiger partial charge in [-0.15, -0.1) is 0 Å². The van der Waals surface area contributed by atoms with E-state index in [1.807, 2.05) is 41.6 Å². The Morgan fingerprint density at radius 3 is 2.59 bits per heavy atom. The predicted molar refractivity (Wildman–Crippen MR) is 101 cm³/mol. The number of hydrogen-bond donors (Lipinski definition) is 1. The number of nitrogens with zero attached hydrogens (tertiary/aromatic N) is 3. The molecule has 0 aliphatic carbocycles. The number of alkyl halides is 3. The number of aliphatic carboxylic acids is 1. The molecule has 1 unspecified atom stereocenters. The summed E-state index contributed by atoms with van der Waals surface area (Å²) in [7, 11) is 0. The maximum atomic E-state index is 12.3. The van der Waals surface area contributed by atoms with Crippen LogP contribution in [-0.2, 0) is 22.7 Å². The molecule has 1 amide bonds. The summed E-state index contributed by atoms with van der Waals surface area (Å²) in [5, 5.41) is 7.12. The second-order valence-electron chi connectivity index (χ2n) is 6.07. The van der Waals surface area contributed by atoms with E-state index >= 15 is 0 Å². The minimum atomic E-state index is -5.08. The third-order valence-corrected chi connectivity index (χ3v) is 4.42. The smallest absolute Gasteiger partial charge is 0.475 e. The predicted octanol–water partition coefficient (Wildman–Crippen LogP) is 2.67. The van der Waals surface area contributed by atoms with Gasteiger partial charge in [-0.25, -0.2) is 9.78 Å². The summed E-state index contributed by atoms with van der Waals surface area (Å²) in [6, 6.07) is 9.67. The van der Waals surface area contributed by atoms with Gasteiger partial charge in [0.2, 0.25) is 11.8 Å². The first kappa shape index (κ1) is 22.6. The lowest BCUT2D eigenvalue weighted by Gasteiger charge is -2.24. The van der Waals surface area contributed by atoms with Crippen LogP contribution in [0.4, 0.5) is 13.2 Å². The van der Waals surface area contributed by atoms with Crippen LogP contribution in [-0.4, -0.2) is 62.3 Å². The van der Waals surface area contributed by atoms with Crippen molar-refractivity contribution in [1.29, 1.82) is 0 Å². The number of ether oxygens (including phenoxy) is 1. The van der Waals surface area contributed by atoms with E-state index in [-0.39, 0.29) is 12.0 Å². The molecule has 0 saturated carbocycles. The molecule has 0 aromatic carbocycles. The number of carbonyl (C=O) groups is 2. The molecule has 29 heavy (non-hydrogen) atoms. The molecule has 0 saturated heterocycles. The molecule has 0 radical (unpaired) electrons. The summed E-state index contributed by atoms with van der Waals surface area (Å²) in [6.45, 7) is 1.94. The van der Waals surface area contributed by atoms with Crippen LogP contribution in [0, 0.1) is 0 Å². The standard InChI is InChI=1S/C16H19N3O2S.C2HF3O2/c1-22-12-16(20)19-9-13-5-4-8-18(13)10-14(11-19)21-15-6-2-3-7-17-15;3-2(4,5)1(6)7/h2-8,14H,9-12H2,1H3;(H,6,7). The lowest BCUT2D eigenvalue weighted by molar-refractivity contribution is -0.192. The number of hydrogen-bond acceptors (Lipinski definition) is 5. The lowest BCUT2D eigenvalue weighted by atomic mass is 10.3. The van der Waals surface area contributed by atoms with Gasteiger partial charge in [-0.3, -0.25) is 4.79 Å². The number of carboxylic acid groups (broad SMARTS) is 1. The molecule has 0 bridgehead atoms. The Morgan fingerprint density at radius 2 is 2.00 bits per heavy atom. The molecule has 0 spiro atoms. The average molecular weight is 431 g/mol. The van der Waals surface area contributed by atoms with Gasteiger partial charge in [0.15, 0.2) is 0 Å². The van der Waals surface area contributed by atoms with Crippen LogP contribution in [0.2, 0.25) is 0 Å². The second-order valence-corrected chi connectivity index (χ2v) is 6.94. The van der Waals surface area contributed by atoms with Gasteiger partial charge in [-0.1, -0.05) is 6.07 Å². The quantitative estimate of drug-likeness (QED) is 0.801. The zero-order chi connectivity index (χ0) is 21.4. The summed E-state index contributed by atoms with van der Waals surface area (Å²) < 4.78 is 39.9. The van der Waals surface area contributed by atoms with Crippen molar-refractivity contribution in [3.8, 4) is 5.88 Å². The topological polar surface area (TPSA) is 84.7 Å². The maximum absolute atomic E-state index is 12.3. The second kappa shape index (κ2) is 10.2. The Labute approximate surface area is 169 Å². The molecule has 0 fully saturated rings. The summed E-state index contributed by atoms with van der Waals surface area (Å²) >= 11 is 1.55. The third-order valence-electron chi connectivity index (χ3n) is 3.89. The lowest BCUT2D eigenvalue weighted by Crippen LogP contribution is -2.39. The minimum absolute atomic E-state index is 0.102. The first-order valence-corrected chi connectivity index (χ1v) is 9.88. The average Bonchev–Trinajstić information content (AvgIpc) is 3.01. The van der Waals surface area contributed by atoms with E-state index in [1.165, 1.54) is 0 Å². The van der Waals surface area contributed by atoms with Crippen LogP contribution >= 0.6 is 11.8 Å². The summed E-state index contributed by atoms with van der Waals surface area (Å²) in [5.41, 5.74) is 1.14. The van der Waals surface area contributed by atoms with Crippen molar-refractivity contribution in [3.63, 3.8) is 0 Å². The highest BCUT2D eigenvalue weighted by atomic mass is 32.2. The van der Waals surface area contributed by atoms with E-state index in [9.17, 15) is 18.0 Å².